The molecule has 0 heterocycles. The Morgan fingerprint density at radius 1 is 0.864 bits per heavy atom. The summed E-state index contributed by atoms with van der Waals surface area (Å²) in [7, 11) is 2.88. The first-order valence-corrected chi connectivity index (χ1v) is 6.58. The predicted octanol–water partition coefficient (Wildman–Crippen LogP) is 4.38. The third-order valence-corrected chi connectivity index (χ3v) is 3.82. The lowest BCUT2D eigenvalue weighted by molar-refractivity contribution is 0.123. The van der Waals surface area contributed by atoms with Crippen molar-refractivity contribution in [3.63, 3.8) is 0 Å². The molecule has 2 aromatic rings. The summed E-state index contributed by atoms with van der Waals surface area (Å²) in [6.45, 7) is 3.33. The van der Waals surface area contributed by atoms with Crippen molar-refractivity contribution in [2.24, 2.45) is 0 Å². The van der Waals surface area contributed by atoms with E-state index in [9.17, 15) is 22.0 Å². The lowest BCUT2D eigenvalue weighted by atomic mass is 9.94. The van der Waals surface area contributed by atoms with Crippen molar-refractivity contribution < 1.29 is 26.4 Å². The molecule has 0 aliphatic carbocycles. The molecule has 0 spiro atoms. The van der Waals surface area contributed by atoms with Crippen LogP contribution in [0.5, 0.6) is 0 Å². The minimum Gasteiger partial charge on any atom is -0.410 e. The molecule has 115 valence electrons. The number of halogens is 5. The normalized spacial score (nSPS) is 11.8. The molecule has 0 unspecified atom stereocenters. The zero-order valence-corrected chi connectivity index (χ0v) is 12.6. The molecule has 0 amide bonds. The van der Waals surface area contributed by atoms with Gasteiger partial charge in [-0.3, -0.25) is 0 Å². The summed E-state index contributed by atoms with van der Waals surface area (Å²) < 4.78 is 72.4. The summed E-state index contributed by atoms with van der Waals surface area (Å²) in [5, 5.41) is 0. The van der Waals surface area contributed by atoms with E-state index >= 15 is 0 Å². The summed E-state index contributed by atoms with van der Waals surface area (Å²) in [5.74, 6) is -9.88. The van der Waals surface area contributed by atoms with E-state index in [1.54, 1.807) is 19.9 Å². The second-order valence-corrected chi connectivity index (χ2v) is 5.34. The monoisotopic (exact) mass is 329 g/mol. The standard InChI is InChI=1S/C15H10F5OSi/c1-15(2,21-22)8-5-3-4-7(6-8)9-10(16)12(18)14(20)13(19)11(9)17/h3-6H,1-2H3. The van der Waals surface area contributed by atoms with Crippen LogP contribution in [0, 0.1) is 29.1 Å². The maximum Gasteiger partial charge on any atom is 0.247 e. The van der Waals surface area contributed by atoms with Gasteiger partial charge in [0, 0.05) is 0 Å². The van der Waals surface area contributed by atoms with E-state index in [1.165, 1.54) is 18.2 Å². The highest BCUT2D eigenvalue weighted by atomic mass is 28.2. The fourth-order valence-electron chi connectivity index (χ4n) is 1.97. The summed E-state index contributed by atoms with van der Waals surface area (Å²) in [4.78, 5) is 0. The van der Waals surface area contributed by atoms with E-state index in [0.717, 1.165) is 0 Å². The third-order valence-electron chi connectivity index (χ3n) is 3.31. The van der Waals surface area contributed by atoms with Gasteiger partial charge in [-0.05, 0) is 31.0 Å². The third kappa shape index (κ3) is 2.66. The topological polar surface area (TPSA) is 9.23 Å². The van der Waals surface area contributed by atoms with Gasteiger partial charge < -0.3 is 4.43 Å². The van der Waals surface area contributed by atoms with Crippen molar-refractivity contribution in [3.05, 3.63) is 58.9 Å². The van der Waals surface area contributed by atoms with E-state index in [0.29, 0.717) is 5.56 Å². The van der Waals surface area contributed by atoms with Crippen molar-refractivity contribution >= 4 is 10.5 Å². The van der Waals surface area contributed by atoms with E-state index < -0.39 is 40.3 Å². The number of hydrogen-bond donors (Lipinski definition) is 0. The average Bonchev–Trinajstić information content (AvgIpc) is 2.51. The van der Waals surface area contributed by atoms with Crippen molar-refractivity contribution in [2.45, 2.75) is 19.4 Å². The summed E-state index contributed by atoms with van der Waals surface area (Å²) in [5.41, 5.74) is -1.48. The maximum atomic E-state index is 13.8. The van der Waals surface area contributed by atoms with Crippen LogP contribution in [0.2, 0.25) is 0 Å². The van der Waals surface area contributed by atoms with Crippen LogP contribution in [-0.2, 0) is 10.0 Å². The van der Waals surface area contributed by atoms with Crippen LogP contribution in [0.3, 0.4) is 0 Å². The second kappa shape index (κ2) is 5.81. The van der Waals surface area contributed by atoms with Crippen molar-refractivity contribution in [3.8, 4) is 11.1 Å². The molecule has 2 aromatic carbocycles. The minimum absolute atomic E-state index is 0.137. The molecule has 0 N–H and O–H groups in total. The first kappa shape index (κ1) is 16.6. The number of rotatable bonds is 3. The van der Waals surface area contributed by atoms with Gasteiger partial charge in [-0.15, -0.1) is 0 Å². The van der Waals surface area contributed by atoms with Gasteiger partial charge in [0.15, 0.2) is 23.3 Å². The molecular weight excluding hydrogens is 319 g/mol. The zero-order chi connectivity index (χ0) is 16.7. The number of hydrogen-bond acceptors (Lipinski definition) is 1. The zero-order valence-electron chi connectivity index (χ0n) is 11.6. The minimum atomic E-state index is -2.18. The quantitative estimate of drug-likeness (QED) is 0.351. The Hall–Kier alpha value is -1.73. The lowest BCUT2D eigenvalue weighted by Gasteiger charge is -2.24. The van der Waals surface area contributed by atoms with Gasteiger partial charge in [0.1, 0.15) is 0 Å². The Balaban J connectivity index is 2.71. The fourth-order valence-corrected chi connectivity index (χ4v) is 2.08. The van der Waals surface area contributed by atoms with E-state index in [-0.39, 0.29) is 5.56 Å². The molecule has 0 saturated carbocycles. The van der Waals surface area contributed by atoms with Crippen molar-refractivity contribution in [1.82, 2.24) is 0 Å². The molecule has 0 aliphatic rings. The molecular formula is C15H10F5OSi. The molecule has 0 aliphatic heterocycles. The molecule has 2 rings (SSSR count). The lowest BCUT2D eigenvalue weighted by Crippen LogP contribution is -2.20. The molecule has 3 radical (unpaired) electrons. The van der Waals surface area contributed by atoms with E-state index in [1.807, 2.05) is 0 Å². The van der Waals surface area contributed by atoms with Crippen LogP contribution in [0.15, 0.2) is 24.3 Å². The van der Waals surface area contributed by atoms with Gasteiger partial charge >= 0.3 is 0 Å². The molecule has 1 nitrogen and oxygen atoms in total. The Morgan fingerprint density at radius 3 is 1.86 bits per heavy atom. The van der Waals surface area contributed by atoms with Gasteiger partial charge in [0.25, 0.3) is 0 Å². The average molecular weight is 329 g/mol. The first-order chi connectivity index (χ1) is 10.2. The van der Waals surface area contributed by atoms with Gasteiger partial charge in [-0.2, -0.15) is 0 Å². The molecule has 0 aromatic heterocycles. The van der Waals surface area contributed by atoms with Crippen LogP contribution in [0.1, 0.15) is 19.4 Å². The smallest absolute Gasteiger partial charge is 0.247 e. The van der Waals surface area contributed by atoms with Crippen LogP contribution < -0.4 is 0 Å². The largest absolute Gasteiger partial charge is 0.410 e. The van der Waals surface area contributed by atoms with Crippen molar-refractivity contribution in [1.29, 1.82) is 0 Å². The van der Waals surface area contributed by atoms with Crippen LogP contribution in [0.25, 0.3) is 11.1 Å². The highest BCUT2D eigenvalue weighted by Crippen LogP contribution is 2.34. The van der Waals surface area contributed by atoms with Gasteiger partial charge in [0.05, 0.1) is 11.2 Å². The molecule has 0 fully saturated rings. The first-order valence-electron chi connectivity index (χ1n) is 6.17. The Morgan fingerprint density at radius 2 is 1.36 bits per heavy atom. The van der Waals surface area contributed by atoms with E-state index in [2.05, 4.69) is 10.5 Å². The second-order valence-electron chi connectivity index (χ2n) is 5.14. The van der Waals surface area contributed by atoms with E-state index in [4.69, 9.17) is 4.43 Å². The van der Waals surface area contributed by atoms with Gasteiger partial charge in [-0.25, -0.2) is 22.0 Å². The Bertz CT molecular complexity index is 701. The molecule has 0 atom stereocenters. The molecule has 7 heteroatoms. The van der Waals surface area contributed by atoms with Crippen LogP contribution >= 0.6 is 0 Å². The number of benzene rings is 2. The Labute approximate surface area is 127 Å². The Kier molecular flexibility index (Phi) is 4.39. The van der Waals surface area contributed by atoms with Crippen LogP contribution in [-0.4, -0.2) is 10.5 Å². The highest BCUT2D eigenvalue weighted by Gasteiger charge is 2.27. The summed E-state index contributed by atoms with van der Waals surface area (Å²) >= 11 is 0. The van der Waals surface area contributed by atoms with Gasteiger partial charge in [-0.1, -0.05) is 18.2 Å². The summed E-state index contributed by atoms with van der Waals surface area (Å²) in [6, 6.07) is 5.61. The SMILES string of the molecule is CC(C)(O[Si])c1cccc(-c2c(F)c(F)c(F)c(F)c2F)c1. The summed E-state index contributed by atoms with van der Waals surface area (Å²) in [6.07, 6.45) is 0. The van der Waals surface area contributed by atoms with Crippen LogP contribution in [0.4, 0.5) is 22.0 Å². The predicted molar refractivity (Wildman–Crippen MR) is 71.5 cm³/mol. The highest BCUT2D eigenvalue weighted by molar-refractivity contribution is 5.98. The fraction of sp³-hybridized carbons (Fsp3) is 0.200. The molecule has 22 heavy (non-hydrogen) atoms. The van der Waals surface area contributed by atoms with Gasteiger partial charge in [0.2, 0.25) is 16.3 Å². The van der Waals surface area contributed by atoms with Crippen molar-refractivity contribution in [2.75, 3.05) is 0 Å². The maximum absolute atomic E-state index is 13.8. The molecule has 0 saturated heterocycles. The molecule has 0 bridgehead atoms.